The Hall–Kier alpha value is -5.10. The van der Waals surface area contributed by atoms with Gasteiger partial charge in [0.1, 0.15) is 36.0 Å². The molecule has 0 spiro atoms. The molecule has 0 radical (unpaired) electrons. The van der Waals surface area contributed by atoms with Gasteiger partial charge in [0.2, 0.25) is 29.5 Å². The molecule has 0 aromatic heterocycles. The molecule has 67 heavy (non-hydrogen) atoms. The molecule has 0 bridgehead atoms. The Bertz CT molecular complexity index is 1870. The van der Waals surface area contributed by atoms with Crippen LogP contribution in [0.2, 0.25) is 0 Å². The quantitative estimate of drug-likeness (QED) is 0.142. The van der Waals surface area contributed by atoms with Crippen LogP contribution >= 0.6 is 0 Å². The molecule has 2 heterocycles. The van der Waals surface area contributed by atoms with Gasteiger partial charge in [0.25, 0.3) is 0 Å². The largest absolute Gasteiger partial charge is 0.497 e. The van der Waals surface area contributed by atoms with Crippen LogP contribution in [0, 0.1) is 29.6 Å². The minimum atomic E-state index is -1.55. The molecule has 1 aromatic rings. The molecule has 5 N–H and O–H groups in total. The number of amides is 5. The molecule has 2 aliphatic heterocycles. The first-order chi connectivity index (χ1) is 31.4. The summed E-state index contributed by atoms with van der Waals surface area (Å²) < 4.78 is 17.1. The van der Waals surface area contributed by atoms with Gasteiger partial charge in [-0.1, -0.05) is 73.9 Å². The van der Waals surface area contributed by atoms with Gasteiger partial charge in [-0.15, -0.1) is 0 Å². The highest BCUT2D eigenvalue weighted by atomic mass is 16.6. The molecule has 11 unspecified atom stereocenters. The molecule has 376 valence electrons. The van der Waals surface area contributed by atoms with Crippen molar-refractivity contribution in [3.05, 3.63) is 29.8 Å². The van der Waals surface area contributed by atoms with Crippen molar-refractivity contribution >= 4 is 47.3 Å². The SMILES string of the molecule is CCC(C)C1NC(=O)C(NC(=O)C(CC(C)C)NC)C(C)OC(=O)C(Cc2ccc(OC)cc2)N(C)C(=O)C2CCCN2C(=O)C(CC(C)C)NC(=O)C(C)C(=O)C(C(C)C)OC(=O)CC1O. The number of hydrogen-bond acceptors (Lipinski definition) is 13. The van der Waals surface area contributed by atoms with Gasteiger partial charge in [-0.2, -0.15) is 0 Å². The number of hydrogen-bond donors (Lipinski definition) is 5. The van der Waals surface area contributed by atoms with Crippen LogP contribution in [0.15, 0.2) is 24.3 Å². The van der Waals surface area contributed by atoms with Crippen LogP contribution in [0.1, 0.15) is 113 Å². The molecule has 0 saturated carbocycles. The highest BCUT2D eigenvalue weighted by Gasteiger charge is 2.44. The fourth-order valence-corrected chi connectivity index (χ4v) is 8.55. The number of cyclic esters (lactones) is 2. The van der Waals surface area contributed by atoms with Crippen molar-refractivity contribution < 1.29 is 57.7 Å². The highest BCUT2D eigenvalue weighted by molar-refractivity contribution is 6.05. The number of fused-ring (bicyclic) bond motifs is 1. The monoisotopic (exact) mass is 943 g/mol. The number of esters is 2. The third-order valence-electron chi connectivity index (χ3n) is 12.9. The Morgan fingerprint density at radius 3 is 2.10 bits per heavy atom. The van der Waals surface area contributed by atoms with E-state index in [1.807, 2.05) is 34.6 Å². The van der Waals surface area contributed by atoms with Crippen molar-refractivity contribution in [1.82, 2.24) is 31.1 Å². The summed E-state index contributed by atoms with van der Waals surface area (Å²) in [5, 5.41) is 22.9. The van der Waals surface area contributed by atoms with Gasteiger partial charge < -0.3 is 50.4 Å². The lowest BCUT2D eigenvalue weighted by Crippen LogP contribution is -2.61. The van der Waals surface area contributed by atoms with Crippen LogP contribution in [0.25, 0.3) is 0 Å². The van der Waals surface area contributed by atoms with E-state index in [2.05, 4.69) is 21.3 Å². The Morgan fingerprint density at radius 2 is 1.55 bits per heavy atom. The minimum absolute atomic E-state index is 0.0500. The molecule has 2 saturated heterocycles. The van der Waals surface area contributed by atoms with E-state index in [9.17, 15) is 43.5 Å². The molecule has 2 fully saturated rings. The second kappa shape index (κ2) is 25.9. The molecule has 11 atom stereocenters. The van der Waals surface area contributed by atoms with E-state index in [0.717, 1.165) is 0 Å². The van der Waals surface area contributed by atoms with E-state index in [0.29, 0.717) is 30.6 Å². The standard InChI is InChI=1S/C49H78N6O12/c1-14-29(8)40-38(56)25-39(57)67-43(28(6)7)42(58)30(9)44(59)51-35(23-27(4)5)47(62)55-21-15-16-36(55)48(63)54(12)37(24-32-17-19-33(65-13)20-18-32)49(64)66-31(10)41(46(61)52-40)53-45(60)34(50-11)22-26(2)3/h17-20,26-31,34-38,40-41,43,50,56H,14-16,21-25H2,1-13H3,(H,51,59)(H,52,61)(H,53,60). The van der Waals surface area contributed by atoms with Gasteiger partial charge in [0, 0.05) is 20.0 Å². The predicted octanol–water partition coefficient (Wildman–Crippen LogP) is 2.71. The average molecular weight is 943 g/mol. The van der Waals surface area contributed by atoms with Crippen molar-refractivity contribution in [3.8, 4) is 5.75 Å². The first kappa shape index (κ1) is 56.2. The third-order valence-corrected chi connectivity index (χ3v) is 12.9. The number of nitrogens with one attached hydrogen (secondary N) is 4. The Kier molecular flexibility index (Phi) is 21.7. The number of carbonyl (C=O) groups excluding carboxylic acids is 8. The van der Waals surface area contributed by atoms with E-state index in [-0.39, 0.29) is 37.6 Å². The summed E-state index contributed by atoms with van der Waals surface area (Å²) in [6.45, 7) is 17.4. The Labute approximate surface area is 396 Å². The van der Waals surface area contributed by atoms with E-state index < -0.39 is 126 Å². The zero-order valence-electron chi connectivity index (χ0n) is 41.9. The van der Waals surface area contributed by atoms with Gasteiger partial charge >= 0.3 is 11.9 Å². The second-order valence-corrected chi connectivity index (χ2v) is 19.5. The normalized spacial score (nSPS) is 27.8. The summed E-state index contributed by atoms with van der Waals surface area (Å²) in [5.74, 6) is -7.71. The van der Waals surface area contributed by atoms with Crippen LogP contribution in [0.5, 0.6) is 5.75 Å². The summed E-state index contributed by atoms with van der Waals surface area (Å²) in [5.41, 5.74) is 0.631. The fraction of sp³-hybridized carbons (Fsp3) is 0.714. The maximum atomic E-state index is 14.7. The average Bonchev–Trinajstić information content (AvgIpc) is 3.77. The summed E-state index contributed by atoms with van der Waals surface area (Å²) >= 11 is 0. The summed E-state index contributed by atoms with van der Waals surface area (Å²) in [4.78, 5) is 116. The number of Topliss-reactive ketones (excluding diaryl/α,β-unsaturated/α-hetero) is 1. The first-order valence-corrected chi connectivity index (χ1v) is 23.9. The molecule has 3 rings (SSSR count). The number of methoxy groups -OCH3 is 1. The topological polar surface area (TPSA) is 239 Å². The molecular formula is C49H78N6O12. The number of benzene rings is 1. The summed E-state index contributed by atoms with van der Waals surface area (Å²) in [6.07, 6.45) is -3.30. The zero-order chi connectivity index (χ0) is 50.4. The first-order valence-electron chi connectivity index (χ1n) is 23.9. The van der Waals surface area contributed by atoms with Crippen LogP contribution in [-0.4, -0.2) is 144 Å². The van der Waals surface area contributed by atoms with Crippen LogP contribution in [0.4, 0.5) is 0 Å². The lowest BCUT2D eigenvalue weighted by atomic mass is 9.91. The van der Waals surface area contributed by atoms with Crippen molar-refractivity contribution in [2.75, 3.05) is 27.7 Å². The van der Waals surface area contributed by atoms with Gasteiger partial charge in [-0.05, 0) is 87.9 Å². The smallest absolute Gasteiger partial charge is 0.329 e. The number of aliphatic hydroxyl groups is 1. The Balaban J connectivity index is 2.23. The molecule has 5 amide bonds. The molecule has 0 aliphatic carbocycles. The number of ether oxygens (including phenoxy) is 3. The number of likely N-dealkylation sites (N-methyl/N-ethyl adjacent to an activating group) is 2. The zero-order valence-corrected chi connectivity index (χ0v) is 41.9. The molecule has 2 aliphatic rings. The Morgan fingerprint density at radius 1 is 0.910 bits per heavy atom. The van der Waals surface area contributed by atoms with Crippen molar-refractivity contribution in [2.45, 2.75) is 169 Å². The molecule has 1 aromatic carbocycles. The van der Waals surface area contributed by atoms with Crippen molar-refractivity contribution in [1.29, 1.82) is 0 Å². The lowest BCUT2D eigenvalue weighted by molar-refractivity contribution is -0.163. The van der Waals surface area contributed by atoms with Crippen LogP contribution in [-0.2, 0) is 54.3 Å². The maximum absolute atomic E-state index is 14.7. The number of rotatable bonds is 13. The minimum Gasteiger partial charge on any atom is -0.497 e. The van der Waals surface area contributed by atoms with E-state index in [1.54, 1.807) is 52.1 Å². The highest BCUT2D eigenvalue weighted by Crippen LogP contribution is 2.26. The molecule has 18 nitrogen and oxygen atoms in total. The van der Waals surface area contributed by atoms with E-state index >= 15 is 0 Å². The molecule has 18 heteroatoms. The predicted molar refractivity (Wildman–Crippen MR) is 250 cm³/mol. The molecular weight excluding hydrogens is 865 g/mol. The van der Waals surface area contributed by atoms with Gasteiger partial charge in [-0.3, -0.25) is 33.6 Å². The van der Waals surface area contributed by atoms with E-state index in [4.69, 9.17) is 14.2 Å². The maximum Gasteiger partial charge on any atom is 0.329 e. The number of aliphatic hydroxyl groups excluding tert-OH is 1. The van der Waals surface area contributed by atoms with Crippen LogP contribution in [0.3, 0.4) is 0 Å². The second-order valence-electron chi connectivity index (χ2n) is 19.5. The van der Waals surface area contributed by atoms with Crippen molar-refractivity contribution in [3.63, 3.8) is 0 Å². The van der Waals surface area contributed by atoms with Gasteiger partial charge in [0.15, 0.2) is 11.9 Å². The van der Waals surface area contributed by atoms with Crippen LogP contribution < -0.4 is 26.0 Å². The number of carbonyl (C=O) groups is 8. The van der Waals surface area contributed by atoms with Gasteiger partial charge in [-0.25, -0.2) is 4.79 Å². The number of nitrogens with zero attached hydrogens (tertiary/aromatic N) is 2. The van der Waals surface area contributed by atoms with E-state index in [1.165, 1.54) is 37.8 Å². The number of ketones is 1. The summed E-state index contributed by atoms with van der Waals surface area (Å²) in [7, 11) is 4.56. The van der Waals surface area contributed by atoms with Crippen molar-refractivity contribution in [2.24, 2.45) is 29.6 Å². The van der Waals surface area contributed by atoms with Gasteiger partial charge in [0.05, 0.1) is 37.6 Å². The lowest BCUT2D eigenvalue weighted by Gasteiger charge is -2.35. The summed E-state index contributed by atoms with van der Waals surface area (Å²) in [6, 6.07) is 0.0322. The third kappa shape index (κ3) is 15.5. The fourth-order valence-electron chi connectivity index (χ4n) is 8.55.